The van der Waals surface area contributed by atoms with E-state index in [-0.39, 0.29) is 11.3 Å². The number of hydrogen-bond donors (Lipinski definition) is 0. The van der Waals surface area contributed by atoms with Crippen LogP contribution < -0.4 is 4.74 Å². The first-order chi connectivity index (χ1) is 15.0. The van der Waals surface area contributed by atoms with Crippen LogP contribution in [0.5, 0.6) is 5.75 Å². The number of ether oxygens (including phenoxy) is 1. The zero-order valence-electron chi connectivity index (χ0n) is 18.7. The van der Waals surface area contributed by atoms with Crippen LogP contribution in [0, 0.1) is 29.4 Å². The lowest BCUT2D eigenvalue weighted by molar-refractivity contribution is 0.0729. The third-order valence-electron chi connectivity index (χ3n) is 6.75. The van der Waals surface area contributed by atoms with E-state index < -0.39 is 17.6 Å². The molecule has 3 rings (SSSR count). The molecule has 0 saturated heterocycles. The van der Waals surface area contributed by atoms with Crippen molar-refractivity contribution in [2.24, 2.45) is 17.8 Å². The van der Waals surface area contributed by atoms with Gasteiger partial charge in [0.1, 0.15) is 17.4 Å². The Bertz CT molecular complexity index is 839. The topological polar surface area (TPSA) is 26.3 Å². The van der Waals surface area contributed by atoms with Crippen LogP contribution in [0.25, 0.3) is 0 Å². The number of hydrogen-bond acceptors (Lipinski definition) is 2. The minimum Gasteiger partial charge on any atom is -0.423 e. The Kier molecular flexibility index (Phi) is 8.62. The average molecular weight is 429 g/mol. The molecule has 1 saturated carbocycles. The summed E-state index contributed by atoms with van der Waals surface area (Å²) in [6.45, 7) is 4.51. The number of unbranched alkanes of at least 4 members (excludes halogenated alkanes) is 2. The van der Waals surface area contributed by atoms with Crippen molar-refractivity contribution in [2.45, 2.75) is 71.6 Å². The molecule has 0 N–H and O–H groups in total. The third-order valence-corrected chi connectivity index (χ3v) is 6.75. The lowest BCUT2D eigenvalue weighted by Gasteiger charge is -2.32. The van der Waals surface area contributed by atoms with Gasteiger partial charge in [0, 0.05) is 0 Å². The van der Waals surface area contributed by atoms with Gasteiger partial charge in [-0.05, 0) is 79.0 Å². The predicted octanol–water partition coefficient (Wildman–Crippen LogP) is 7.75. The fourth-order valence-electron chi connectivity index (χ4n) is 4.78. The fraction of sp³-hybridized carbons (Fsp3) is 0.519. The van der Waals surface area contributed by atoms with Crippen LogP contribution in [0.2, 0.25) is 0 Å². The van der Waals surface area contributed by atoms with E-state index in [0.717, 1.165) is 17.9 Å². The van der Waals surface area contributed by atoms with E-state index in [4.69, 9.17) is 4.74 Å². The molecule has 0 aromatic heterocycles. The van der Waals surface area contributed by atoms with E-state index in [9.17, 15) is 13.6 Å². The van der Waals surface area contributed by atoms with Crippen molar-refractivity contribution in [3.63, 3.8) is 0 Å². The summed E-state index contributed by atoms with van der Waals surface area (Å²) in [6.07, 6.45) is 11.3. The van der Waals surface area contributed by atoms with Crippen LogP contribution in [-0.4, -0.2) is 5.97 Å². The van der Waals surface area contributed by atoms with E-state index in [1.54, 1.807) is 0 Å². The van der Waals surface area contributed by atoms with Crippen molar-refractivity contribution in [1.82, 2.24) is 0 Å². The van der Waals surface area contributed by atoms with Gasteiger partial charge in [0.05, 0.1) is 5.56 Å². The predicted molar refractivity (Wildman–Crippen MR) is 120 cm³/mol. The van der Waals surface area contributed by atoms with Gasteiger partial charge in [0.2, 0.25) is 0 Å². The third kappa shape index (κ3) is 6.88. The van der Waals surface area contributed by atoms with Crippen LogP contribution in [-0.2, 0) is 6.42 Å². The maximum atomic E-state index is 14.6. The number of rotatable bonds is 9. The SMILES string of the molecule is CCCCCC1CCC(C(C)Cc2ccc(C(=O)Oc3ccc(F)cc3)c(F)c2)CC1. The number of esters is 1. The molecule has 0 aliphatic heterocycles. The second kappa shape index (κ2) is 11.4. The molecular weight excluding hydrogens is 394 g/mol. The summed E-state index contributed by atoms with van der Waals surface area (Å²) >= 11 is 0. The second-order valence-corrected chi connectivity index (χ2v) is 9.12. The fourth-order valence-corrected chi connectivity index (χ4v) is 4.78. The number of halogens is 2. The molecule has 168 valence electrons. The Morgan fingerprint density at radius 3 is 2.39 bits per heavy atom. The summed E-state index contributed by atoms with van der Waals surface area (Å²) in [5.41, 5.74) is 0.807. The van der Waals surface area contributed by atoms with Gasteiger partial charge < -0.3 is 4.74 Å². The van der Waals surface area contributed by atoms with E-state index in [1.165, 1.54) is 87.8 Å². The second-order valence-electron chi connectivity index (χ2n) is 9.12. The highest BCUT2D eigenvalue weighted by Gasteiger charge is 2.25. The van der Waals surface area contributed by atoms with E-state index >= 15 is 0 Å². The maximum absolute atomic E-state index is 14.6. The minimum atomic E-state index is -0.773. The molecule has 1 aliphatic rings. The van der Waals surface area contributed by atoms with Crippen molar-refractivity contribution in [3.8, 4) is 5.75 Å². The molecule has 1 aliphatic carbocycles. The summed E-state index contributed by atoms with van der Waals surface area (Å²) in [5.74, 6) is 0.491. The molecule has 2 aromatic rings. The maximum Gasteiger partial charge on any atom is 0.346 e. The zero-order valence-corrected chi connectivity index (χ0v) is 18.7. The monoisotopic (exact) mass is 428 g/mol. The zero-order chi connectivity index (χ0) is 22.2. The molecule has 2 nitrogen and oxygen atoms in total. The summed E-state index contributed by atoms with van der Waals surface area (Å²) in [4.78, 5) is 12.3. The molecule has 1 atom stereocenters. The largest absolute Gasteiger partial charge is 0.423 e. The minimum absolute atomic E-state index is 0.103. The van der Waals surface area contributed by atoms with Crippen molar-refractivity contribution in [1.29, 1.82) is 0 Å². The van der Waals surface area contributed by atoms with Crippen LogP contribution >= 0.6 is 0 Å². The van der Waals surface area contributed by atoms with Crippen LogP contribution in [0.15, 0.2) is 42.5 Å². The van der Waals surface area contributed by atoms with Gasteiger partial charge in [0.15, 0.2) is 0 Å². The highest BCUT2D eigenvalue weighted by atomic mass is 19.1. The lowest BCUT2D eigenvalue weighted by Crippen LogP contribution is -2.21. The molecular formula is C27H34F2O2. The quantitative estimate of drug-likeness (QED) is 0.232. The summed E-state index contributed by atoms with van der Waals surface area (Å²) in [7, 11) is 0. The summed E-state index contributed by atoms with van der Waals surface area (Å²) in [5, 5.41) is 0. The first-order valence-electron chi connectivity index (χ1n) is 11.7. The first-order valence-corrected chi connectivity index (χ1v) is 11.7. The van der Waals surface area contributed by atoms with Crippen molar-refractivity contribution in [2.75, 3.05) is 0 Å². The molecule has 1 unspecified atom stereocenters. The van der Waals surface area contributed by atoms with Crippen molar-refractivity contribution < 1.29 is 18.3 Å². The Morgan fingerprint density at radius 1 is 1.03 bits per heavy atom. The molecule has 0 bridgehead atoms. The van der Waals surface area contributed by atoms with Gasteiger partial charge in [-0.15, -0.1) is 0 Å². The summed E-state index contributed by atoms with van der Waals surface area (Å²) < 4.78 is 32.7. The highest BCUT2D eigenvalue weighted by molar-refractivity contribution is 5.91. The average Bonchev–Trinajstić information content (AvgIpc) is 2.76. The Labute approximate surface area is 185 Å². The van der Waals surface area contributed by atoms with Crippen molar-refractivity contribution >= 4 is 5.97 Å². The Morgan fingerprint density at radius 2 is 1.74 bits per heavy atom. The number of carbonyl (C=O) groups is 1. The van der Waals surface area contributed by atoms with Gasteiger partial charge in [-0.1, -0.05) is 58.4 Å². The summed E-state index contributed by atoms with van der Waals surface area (Å²) in [6, 6.07) is 9.85. The van der Waals surface area contributed by atoms with E-state index in [1.807, 2.05) is 6.07 Å². The molecule has 0 spiro atoms. The standard InChI is InChI=1S/C27H34F2O2/c1-3-4-5-6-20-7-10-22(11-8-20)19(2)17-21-9-16-25(26(29)18-21)27(30)31-24-14-12-23(28)13-15-24/h9,12-16,18-20,22H,3-8,10-11,17H2,1-2H3. The van der Waals surface area contributed by atoms with E-state index in [0.29, 0.717) is 11.8 Å². The lowest BCUT2D eigenvalue weighted by atomic mass is 9.73. The van der Waals surface area contributed by atoms with Crippen molar-refractivity contribution in [3.05, 3.63) is 65.2 Å². The van der Waals surface area contributed by atoms with E-state index in [2.05, 4.69) is 13.8 Å². The number of benzene rings is 2. The van der Waals surface area contributed by atoms with Gasteiger partial charge in [-0.3, -0.25) is 0 Å². The smallest absolute Gasteiger partial charge is 0.346 e. The normalized spacial score (nSPS) is 19.7. The Hall–Kier alpha value is -2.23. The van der Waals surface area contributed by atoms with Crippen LogP contribution in [0.1, 0.15) is 81.1 Å². The van der Waals surface area contributed by atoms with Gasteiger partial charge >= 0.3 is 5.97 Å². The molecule has 2 aromatic carbocycles. The molecule has 0 radical (unpaired) electrons. The van der Waals surface area contributed by atoms with Gasteiger partial charge in [0.25, 0.3) is 0 Å². The number of carbonyl (C=O) groups excluding carboxylic acids is 1. The van der Waals surface area contributed by atoms with Gasteiger partial charge in [-0.2, -0.15) is 0 Å². The van der Waals surface area contributed by atoms with Crippen LogP contribution in [0.3, 0.4) is 0 Å². The molecule has 0 heterocycles. The highest BCUT2D eigenvalue weighted by Crippen LogP contribution is 2.37. The molecule has 31 heavy (non-hydrogen) atoms. The first kappa shape index (κ1) is 23.4. The Balaban J connectivity index is 1.51. The van der Waals surface area contributed by atoms with Crippen LogP contribution in [0.4, 0.5) is 8.78 Å². The van der Waals surface area contributed by atoms with Gasteiger partial charge in [-0.25, -0.2) is 13.6 Å². The molecule has 1 fully saturated rings. The molecule has 0 amide bonds. The molecule has 4 heteroatoms.